The van der Waals surface area contributed by atoms with E-state index in [2.05, 4.69) is 4.98 Å². The molecule has 0 aromatic carbocycles. The monoisotopic (exact) mass is 246 g/mol. The molecule has 17 heavy (non-hydrogen) atoms. The van der Waals surface area contributed by atoms with Crippen molar-refractivity contribution in [2.45, 2.75) is 13.0 Å². The number of nitrogens with zero attached hydrogens (tertiary/aromatic N) is 2. The van der Waals surface area contributed by atoms with E-state index < -0.39 is 0 Å². The fourth-order valence-electron chi connectivity index (χ4n) is 1.55. The summed E-state index contributed by atoms with van der Waals surface area (Å²) in [6, 6.07) is 7.81. The molecule has 0 bridgehead atoms. The summed E-state index contributed by atoms with van der Waals surface area (Å²) in [6.07, 6.45) is 3.97. The van der Waals surface area contributed by atoms with Crippen molar-refractivity contribution in [3.8, 4) is 0 Å². The fraction of sp³-hybridized carbons (Fsp3) is 0.231. The molecule has 3 nitrogen and oxygen atoms in total. The minimum absolute atomic E-state index is 0.143. The van der Waals surface area contributed by atoms with Crippen LogP contribution in [0.5, 0.6) is 0 Å². The highest BCUT2D eigenvalue weighted by Gasteiger charge is 2.10. The summed E-state index contributed by atoms with van der Waals surface area (Å²) >= 11 is 1.62. The van der Waals surface area contributed by atoms with Crippen molar-refractivity contribution in [3.05, 3.63) is 52.5 Å². The average molecular weight is 246 g/mol. The molecule has 0 radical (unpaired) electrons. The molecule has 0 saturated carbocycles. The van der Waals surface area contributed by atoms with Crippen molar-refractivity contribution < 1.29 is 4.79 Å². The highest BCUT2D eigenvalue weighted by Crippen LogP contribution is 2.11. The molecule has 0 aliphatic heterocycles. The summed E-state index contributed by atoms with van der Waals surface area (Å²) in [4.78, 5) is 18.7. The first-order valence-electron chi connectivity index (χ1n) is 5.41. The minimum Gasteiger partial charge on any atom is -0.341 e. The molecule has 0 aliphatic carbocycles. The van der Waals surface area contributed by atoms with Crippen LogP contribution in [0.25, 0.3) is 0 Å². The Kier molecular flexibility index (Phi) is 3.88. The summed E-state index contributed by atoms with van der Waals surface area (Å²) in [7, 11) is 1.83. The molecular formula is C13H14N2OS. The summed E-state index contributed by atoms with van der Waals surface area (Å²) in [6.45, 7) is 0.632. The zero-order valence-corrected chi connectivity index (χ0v) is 10.5. The van der Waals surface area contributed by atoms with Crippen molar-refractivity contribution in [2.24, 2.45) is 0 Å². The molecule has 1 amide bonds. The van der Waals surface area contributed by atoms with Crippen molar-refractivity contribution >= 4 is 17.2 Å². The van der Waals surface area contributed by atoms with Crippen LogP contribution in [0.1, 0.15) is 10.4 Å². The summed E-state index contributed by atoms with van der Waals surface area (Å²) in [5.41, 5.74) is 1.10. The van der Waals surface area contributed by atoms with Crippen molar-refractivity contribution in [1.82, 2.24) is 9.88 Å². The quantitative estimate of drug-likeness (QED) is 0.829. The summed E-state index contributed by atoms with van der Waals surface area (Å²) in [5, 5.41) is 1.99. The Balaban J connectivity index is 1.92. The van der Waals surface area contributed by atoms with Crippen LogP contribution in [0.4, 0.5) is 0 Å². The van der Waals surface area contributed by atoms with Crippen molar-refractivity contribution in [3.63, 3.8) is 0 Å². The Morgan fingerprint density at radius 2 is 2.12 bits per heavy atom. The van der Waals surface area contributed by atoms with Crippen LogP contribution < -0.4 is 0 Å². The van der Waals surface area contributed by atoms with E-state index in [4.69, 9.17) is 0 Å². The lowest BCUT2D eigenvalue weighted by molar-refractivity contribution is -0.129. The van der Waals surface area contributed by atoms with Crippen LogP contribution in [0.3, 0.4) is 0 Å². The predicted molar refractivity (Wildman–Crippen MR) is 68.7 cm³/mol. The number of likely N-dealkylation sites (N-methyl/N-ethyl adjacent to an activating group) is 1. The number of carbonyl (C=O) groups is 1. The zero-order valence-electron chi connectivity index (χ0n) is 9.67. The van der Waals surface area contributed by atoms with E-state index >= 15 is 0 Å². The van der Waals surface area contributed by atoms with E-state index in [0.717, 1.165) is 10.4 Å². The van der Waals surface area contributed by atoms with Crippen LogP contribution in [0.2, 0.25) is 0 Å². The van der Waals surface area contributed by atoms with Gasteiger partial charge in [-0.15, -0.1) is 11.3 Å². The van der Waals surface area contributed by atoms with Gasteiger partial charge in [0, 0.05) is 30.9 Å². The molecule has 0 spiro atoms. The van der Waals surface area contributed by atoms with E-state index in [1.165, 1.54) is 0 Å². The Labute approximate surface area is 105 Å². The largest absolute Gasteiger partial charge is 0.341 e. The Morgan fingerprint density at radius 1 is 1.35 bits per heavy atom. The third kappa shape index (κ3) is 3.39. The van der Waals surface area contributed by atoms with E-state index in [0.29, 0.717) is 13.0 Å². The molecular weight excluding hydrogens is 232 g/mol. The zero-order chi connectivity index (χ0) is 12.1. The van der Waals surface area contributed by atoms with Gasteiger partial charge in [-0.3, -0.25) is 9.78 Å². The molecule has 2 rings (SSSR count). The standard InChI is InChI=1S/C13H14N2OS/c1-15(10-11-4-6-14-7-5-11)13(16)9-12-3-2-8-17-12/h2-8H,9-10H2,1H3. The lowest BCUT2D eigenvalue weighted by atomic mass is 10.2. The van der Waals surface area contributed by atoms with Gasteiger partial charge in [0.15, 0.2) is 0 Å². The SMILES string of the molecule is CN(Cc1ccncc1)C(=O)Cc1cccs1. The molecule has 0 unspecified atom stereocenters. The second-order valence-corrected chi connectivity index (χ2v) is 4.89. The lowest BCUT2D eigenvalue weighted by Gasteiger charge is -2.16. The van der Waals surface area contributed by atoms with Gasteiger partial charge in [-0.05, 0) is 29.1 Å². The lowest BCUT2D eigenvalue weighted by Crippen LogP contribution is -2.27. The molecule has 0 aliphatic rings. The van der Waals surface area contributed by atoms with Gasteiger partial charge in [-0.25, -0.2) is 0 Å². The van der Waals surface area contributed by atoms with Gasteiger partial charge in [0.25, 0.3) is 0 Å². The first-order valence-corrected chi connectivity index (χ1v) is 6.29. The van der Waals surface area contributed by atoms with Gasteiger partial charge in [0.1, 0.15) is 0 Å². The van der Waals surface area contributed by atoms with E-state index in [9.17, 15) is 4.79 Å². The molecule has 88 valence electrons. The molecule has 0 saturated heterocycles. The van der Waals surface area contributed by atoms with Gasteiger partial charge in [-0.1, -0.05) is 6.07 Å². The first kappa shape index (κ1) is 11.8. The number of amides is 1. The maximum Gasteiger partial charge on any atom is 0.227 e. The molecule has 2 aromatic heterocycles. The van der Waals surface area contributed by atoms with Gasteiger partial charge < -0.3 is 4.90 Å². The minimum atomic E-state index is 0.143. The van der Waals surface area contributed by atoms with Gasteiger partial charge in [0.2, 0.25) is 5.91 Å². The second-order valence-electron chi connectivity index (χ2n) is 3.86. The molecule has 4 heteroatoms. The second kappa shape index (κ2) is 5.59. The summed E-state index contributed by atoms with van der Waals surface area (Å²) in [5.74, 6) is 0.143. The number of carbonyl (C=O) groups excluding carboxylic acids is 1. The van der Waals surface area contributed by atoms with Crippen LogP contribution in [0.15, 0.2) is 42.0 Å². The molecule has 2 aromatic rings. The first-order chi connectivity index (χ1) is 8.25. The number of rotatable bonds is 4. The topological polar surface area (TPSA) is 33.2 Å². The number of hydrogen-bond acceptors (Lipinski definition) is 3. The van der Waals surface area contributed by atoms with Crippen molar-refractivity contribution in [2.75, 3.05) is 7.05 Å². The van der Waals surface area contributed by atoms with Crippen LogP contribution in [-0.4, -0.2) is 22.8 Å². The molecule has 0 N–H and O–H groups in total. The van der Waals surface area contributed by atoms with Gasteiger partial charge in [-0.2, -0.15) is 0 Å². The van der Waals surface area contributed by atoms with E-state index in [1.54, 1.807) is 28.6 Å². The molecule has 0 fully saturated rings. The van der Waals surface area contributed by atoms with Gasteiger partial charge in [0.05, 0.1) is 6.42 Å². The number of aromatic nitrogens is 1. The fourth-order valence-corrected chi connectivity index (χ4v) is 2.24. The van der Waals surface area contributed by atoms with Crippen LogP contribution in [0, 0.1) is 0 Å². The average Bonchev–Trinajstić information content (AvgIpc) is 2.83. The maximum atomic E-state index is 11.9. The van der Waals surface area contributed by atoms with Gasteiger partial charge >= 0.3 is 0 Å². The van der Waals surface area contributed by atoms with Crippen LogP contribution >= 0.6 is 11.3 Å². The number of thiophene rings is 1. The number of pyridine rings is 1. The van der Waals surface area contributed by atoms with Crippen LogP contribution in [-0.2, 0) is 17.8 Å². The Bertz CT molecular complexity index is 467. The maximum absolute atomic E-state index is 11.9. The Hall–Kier alpha value is -1.68. The third-order valence-electron chi connectivity index (χ3n) is 2.50. The smallest absolute Gasteiger partial charge is 0.227 e. The van der Waals surface area contributed by atoms with Crippen molar-refractivity contribution in [1.29, 1.82) is 0 Å². The number of hydrogen-bond donors (Lipinski definition) is 0. The van der Waals surface area contributed by atoms with E-state index in [1.807, 2.05) is 36.7 Å². The third-order valence-corrected chi connectivity index (χ3v) is 3.38. The highest BCUT2D eigenvalue weighted by molar-refractivity contribution is 7.10. The van der Waals surface area contributed by atoms with E-state index in [-0.39, 0.29) is 5.91 Å². The highest BCUT2D eigenvalue weighted by atomic mass is 32.1. The predicted octanol–water partition coefficient (Wildman–Crippen LogP) is 2.34. The Morgan fingerprint density at radius 3 is 2.76 bits per heavy atom. The molecule has 2 heterocycles. The normalized spacial score (nSPS) is 10.2. The summed E-state index contributed by atoms with van der Waals surface area (Å²) < 4.78 is 0. The molecule has 0 atom stereocenters.